The largest absolute Gasteiger partial charge is 0.384 e. The summed E-state index contributed by atoms with van der Waals surface area (Å²) >= 11 is 0. The molecule has 0 aromatic rings. The Hall–Kier alpha value is -0.0800. The highest BCUT2D eigenvalue weighted by molar-refractivity contribution is 4.87. The normalized spacial score (nSPS) is 22.2. The van der Waals surface area contributed by atoms with Gasteiger partial charge in [-0.2, -0.15) is 0 Å². The van der Waals surface area contributed by atoms with Crippen LogP contribution in [-0.2, 0) is 4.74 Å². The van der Waals surface area contributed by atoms with E-state index in [-0.39, 0.29) is 0 Å². The van der Waals surface area contributed by atoms with Gasteiger partial charge in [-0.15, -0.1) is 0 Å². The molecule has 0 heterocycles. The van der Waals surface area contributed by atoms with Gasteiger partial charge >= 0.3 is 0 Å². The number of ether oxygens (including phenoxy) is 1. The van der Waals surface area contributed by atoms with Crippen LogP contribution < -0.4 is 5.32 Å². The summed E-state index contributed by atoms with van der Waals surface area (Å²) in [5, 5.41) is 3.38. The van der Waals surface area contributed by atoms with E-state index in [2.05, 4.69) is 19.3 Å². The summed E-state index contributed by atoms with van der Waals surface area (Å²) in [5.74, 6) is 1.67. The van der Waals surface area contributed by atoms with E-state index in [1.807, 2.05) is 0 Å². The van der Waals surface area contributed by atoms with Crippen molar-refractivity contribution in [2.24, 2.45) is 11.8 Å². The molecule has 0 aromatic heterocycles. The number of rotatable bonds is 6. The first-order valence-corrected chi connectivity index (χ1v) is 4.99. The van der Waals surface area contributed by atoms with Crippen LogP contribution in [0.5, 0.6) is 0 Å². The Bertz CT molecular complexity index is 119. The molecule has 1 aliphatic rings. The Kier molecular flexibility index (Phi) is 4.02. The van der Waals surface area contributed by atoms with Gasteiger partial charge < -0.3 is 10.1 Å². The summed E-state index contributed by atoms with van der Waals surface area (Å²) < 4.78 is 5.25. The zero-order valence-electron chi connectivity index (χ0n) is 8.47. The highest BCUT2D eigenvalue weighted by Gasteiger charge is 2.34. The summed E-state index contributed by atoms with van der Waals surface area (Å²) in [5.41, 5.74) is 0. The Morgan fingerprint density at radius 3 is 2.50 bits per heavy atom. The van der Waals surface area contributed by atoms with Gasteiger partial charge in [0.15, 0.2) is 0 Å². The number of hydrogen-bond acceptors (Lipinski definition) is 2. The van der Waals surface area contributed by atoms with Crippen LogP contribution in [0.3, 0.4) is 0 Å². The topological polar surface area (TPSA) is 21.3 Å². The Balaban J connectivity index is 2.38. The maximum Gasteiger partial charge on any atom is 0.0508 e. The number of hydrogen-bond donors (Lipinski definition) is 1. The van der Waals surface area contributed by atoms with Crippen LogP contribution in [0, 0.1) is 11.8 Å². The van der Waals surface area contributed by atoms with E-state index >= 15 is 0 Å². The van der Waals surface area contributed by atoms with Gasteiger partial charge in [0.05, 0.1) is 6.61 Å². The highest BCUT2D eigenvalue weighted by Crippen LogP contribution is 2.39. The molecule has 2 atom stereocenters. The molecule has 1 aliphatic carbocycles. The standard InChI is InChI=1S/C10H21NO/c1-4-10(11-2)9(7-12-3)8-5-6-8/h8-11H,4-7H2,1-3H3. The van der Waals surface area contributed by atoms with Crippen LogP contribution in [0.25, 0.3) is 0 Å². The van der Waals surface area contributed by atoms with Gasteiger partial charge in [-0.1, -0.05) is 6.92 Å². The van der Waals surface area contributed by atoms with Crippen LogP contribution in [0.2, 0.25) is 0 Å². The second-order valence-corrected chi connectivity index (χ2v) is 3.76. The predicted molar refractivity (Wildman–Crippen MR) is 51.2 cm³/mol. The maximum atomic E-state index is 5.25. The lowest BCUT2D eigenvalue weighted by Gasteiger charge is -2.25. The fourth-order valence-corrected chi connectivity index (χ4v) is 2.02. The molecule has 1 N–H and O–H groups in total. The molecule has 0 aromatic carbocycles. The number of methoxy groups -OCH3 is 1. The van der Waals surface area contributed by atoms with Gasteiger partial charge in [0.1, 0.15) is 0 Å². The van der Waals surface area contributed by atoms with Crippen molar-refractivity contribution in [2.45, 2.75) is 32.2 Å². The average Bonchev–Trinajstić information content (AvgIpc) is 2.88. The molecule has 0 bridgehead atoms. The quantitative estimate of drug-likeness (QED) is 0.656. The molecule has 0 radical (unpaired) electrons. The minimum Gasteiger partial charge on any atom is -0.384 e. The molecule has 1 saturated carbocycles. The second-order valence-electron chi connectivity index (χ2n) is 3.76. The molecule has 1 rings (SSSR count). The highest BCUT2D eigenvalue weighted by atomic mass is 16.5. The third kappa shape index (κ3) is 2.46. The van der Waals surface area contributed by atoms with Crippen molar-refractivity contribution >= 4 is 0 Å². The van der Waals surface area contributed by atoms with Gasteiger partial charge in [-0.3, -0.25) is 0 Å². The zero-order valence-corrected chi connectivity index (χ0v) is 8.47. The van der Waals surface area contributed by atoms with Crippen LogP contribution >= 0.6 is 0 Å². The Labute approximate surface area is 75.7 Å². The third-order valence-corrected chi connectivity index (χ3v) is 2.91. The minimum absolute atomic E-state index is 0.650. The molecule has 0 spiro atoms. The molecule has 1 fully saturated rings. The smallest absolute Gasteiger partial charge is 0.0508 e. The van der Waals surface area contributed by atoms with Crippen LogP contribution in [0.4, 0.5) is 0 Å². The minimum atomic E-state index is 0.650. The van der Waals surface area contributed by atoms with Crippen molar-refractivity contribution in [3.8, 4) is 0 Å². The van der Waals surface area contributed by atoms with Crippen molar-refractivity contribution in [3.05, 3.63) is 0 Å². The molecule has 0 aliphatic heterocycles. The predicted octanol–water partition coefficient (Wildman–Crippen LogP) is 1.66. The third-order valence-electron chi connectivity index (χ3n) is 2.91. The van der Waals surface area contributed by atoms with Gasteiger partial charge in [0.2, 0.25) is 0 Å². The lowest BCUT2D eigenvalue weighted by Crippen LogP contribution is -2.36. The summed E-state index contributed by atoms with van der Waals surface area (Å²) in [6.45, 7) is 3.16. The average molecular weight is 171 g/mol. The molecule has 2 nitrogen and oxygen atoms in total. The Morgan fingerprint density at radius 1 is 1.50 bits per heavy atom. The molecule has 0 amide bonds. The van der Waals surface area contributed by atoms with Crippen molar-refractivity contribution in [2.75, 3.05) is 20.8 Å². The summed E-state index contributed by atoms with van der Waals surface area (Å²) in [4.78, 5) is 0. The van der Waals surface area contributed by atoms with Gasteiger partial charge in [-0.25, -0.2) is 0 Å². The van der Waals surface area contributed by atoms with E-state index < -0.39 is 0 Å². The monoisotopic (exact) mass is 171 g/mol. The second kappa shape index (κ2) is 4.83. The molecule has 2 heteroatoms. The first-order valence-electron chi connectivity index (χ1n) is 4.99. The summed E-state index contributed by atoms with van der Waals surface area (Å²) in [7, 11) is 3.86. The SMILES string of the molecule is CCC(NC)C(COC)C1CC1. The maximum absolute atomic E-state index is 5.25. The molecule has 2 unspecified atom stereocenters. The molecular weight excluding hydrogens is 150 g/mol. The van der Waals surface area contributed by atoms with Gasteiger partial charge in [0, 0.05) is 19.1 Å². The summed E-state index contributed by atoms with van der Waals surface area (Å²) in [6, 6.07) is 0.650. The van der Waals surface area contributed by atoms with Crippen LogP contribution in [0.15, 0.2) is 0 Å². The molecule has 72 valence electrons. The van der Waals surface area contributed by atoms with Crippen molar-refractivity contribution < 1.29 is 4.74 Å². The summed E-state index contributed by atoms with van der Waals surface area (Å²) in [6.07, 6.45) is 4.03. The van der Waals surface area contributed by atoms with E-state index in [1.165, 1.54) is 19.3 Å². The van der Waals surface area contributed by atoms with E-state index in [0.717, 1.165) is 18.4 Å². The van der Waals surface area contributed by atoms with Crippen molar-refractivity contribution in [1.82, 2.24) is 5.32 Å². The first kappa shape index (κ1) is 10.0. The first-order chi connectivity index (χ1) is 5.83. The number of nitrogens with one attached hydrogen (secondary N) is 1. The van der Waals surface area contributed by atoms with Crippen LogP contribution in [-0.4, -0.2) is 26.8 Å². The fraction of sp³-hybridized carbons (Fsp3) is 1.00. The molecule has 0 saturated heterocycles. The lowest BCUT2D eigenvalue weighted by atomic mass is 9.93. The van der Waals surface area contributed by atoms with E-state index in [4.69, 9.17) is 4.74 Å². The van der Waals surface area contributed by atoms with Crippen LogP contribution in [0.1, 0.15) is 26.2 Å². The van der Waals surface area contributed by atoms with Gasteiger partial charge in [-0.05, 0) is 32.2 Å². The van der Waals surface area contributed by atoms with Crippen molar-refractivity contribution in [3.63, 3.8) is 0 Å². The fourth-order valence-electron chi connectivity index (χ4n) is 2.02. The lowest BCUT2D eigenvalue weighted by molar-refractivity contribution is 0.119. The zero-order chi connectivity index (χ0) is 8.97. The van der Waals surface area contributed by atoms with E-state index in [1.54, 1.807) is 7.11 Å². The molecule has 12 heavy (non-hydrogen) atoms. The van der Waals surface area contributed by atoms with Gasteiger partial charge in [0.25, 0.3) is 0 Å². The van der Waals surface area contributed by atoms with Crippen molar-refractivity contribution in [1.29, 1.82) is 0 Å². The van der Waals surface area contributed by atoms with E-state index in [0.29, 0.717) is 6.04 Å². The molecular formula is C10H21NO. The Morgan fingerprint density at radius 2 is 2.17 bits per heavy atom. The van der Waals surface area contributed by atoms with E-state index in [9.17, 15) is 0 Å².